The third-order valence-electron chi connectivity index (χ3n) is 5.29. The van der Waals surface area contributed by atoms with Gasteiger partial charge in [0, 0.05) is 24.7 Å². The van der Waals surface area contributed by atoms with Crippen LogP contribution in [0.2, 0.25) is 0 Å². The second kappa shape index (κ2) is 9.16. The molecule has 0 unspecified atom stereocenters. The van der Waals surface area contributed by atoms with Crippen molar-refractivity contribution in [1.82, 2.24) is 9.97 Å². The highest BCUT2D eigenvalue weighted by Crippen LogP contribution is 2.27. The number of anilines is 2. The predicted octanol–water partition coefficient (Wildman–Crippen LogP) is 4.89. The van der Waals surface area contributed by atoms with Crippen molar-refractivity contribution in [1.29, 1.82) is 0 Å². The first-order valence-corrected chi connectivity index (χ1v) is 10.7. The van der Waals surface area contributed by atoms with Gasteiger partial charge in [-0.3, -0.25) is 9.69 Å². The Bertz CT molecular complexity index is 1050. The average Bonchev–Trinajstić information content (AvgIpc) is 3.25. The second-order valence-corrected chi connectivity index (χ2v) is 8.25. The molecule has 0 spiro atoms. The molecule has 4 rings (SSSR count). The molecule has 160 valence electrons. The number of carbonyl (C=O) groups is 1. The van der Waals surface area contributed by atoms with Crippen molar-refractivity contribution in [2.45, 2.75) is 33.2 Å². The topological polar surface area (TPSA) is 67.4 Å². The van der Waals surface area contributed by atoms with Gasteiger partial charge in [-0.05, 0) is 48.2 Å². The van der Waals surface area contributed by atoms with Crippen LogP contribution in [0.25, 0.3) is 0 Å². The lowest BCUT2D eigenvalue weighted by atomic mass is 10.1. The fourth-order valence-electron chi connectivity index (χ4n) is 3.71. The van der Waals surface area contributed by atoms with Crippen LogP contribution in [0.15, 0.2) is 60.8 Å². The van der Waals surface area contributed by atoms with Gasteiger partial charge >= 0.3 is 0 Å². The van der Waals surface area contributed by atoms with Crippen LogP contribution in [-0.2, 0) is 6.42 Å². The summed E-state index contributed by atoms with van der Waals surface area (Å²) >= 11 is 0. The number of benzene rings is 2. The Labute approximate surface area is 183 Å². The first-order valence-electron chi connectivity index (χ1n) is 10.7. The van der Waals surface area contributed by atoms with E-state index in [1.807, 2.05) is 36.4 Å². The van der Waals surface area contributed by atoms with Crippen LogP contribution >= 0.6 is 0 Å². The Hall–Kier alpha value is -3.41. The normalized spacial score (nSPS) is 13.4. The molecule has 1 atom stereocenters. The van der Waals surface area contributed by atoms with Crippen molar-refractivity contribution >= 4 is 17.7 Å². The number of fused-ring (bicyclic) bond motifs is 1. The predicted molar refractivity (Wildman–Crippen MR) is 123 cm³/mol. The van der Waals surface area contributed by atoms with E-state index >= 15 is 0 Å². The van der Waals surface area contributed by atoms with Crippen molar-refractivity contribution in [2.75, 3.05) is 23.4 Å². The van der Waals surface area contributed by atoms with E-state index in [1.54, 1.807) is 17.2 Å². The minimum atomic E-state index is -0.0656. The molecule has 1 N–H and O–H groups in total. The molecule has 6 heteroatoms. The Morgan fingerprint density at radius 2 is 1.94 bits per heavy atom. The molecular weight excluding hydrogens is 388 g/mol. The first-order chi connectivity index (χ1) is 15.0. The van der Waals surface area contributed by atoms with E-state index in [1.165, 1.54) is 0 Å². The molecule has 2 heterocycles. The van der Waals surface area contributed by atoms with Gasteiger partial charge in [-0.25, -0.2) is 4.98 Å². The van der Waals surface area contributed by atoms with E-state index < -0.39 is 0 Å². The molecule has 1 aromatic heterocycles. The first kappa shape index (κ1) is 20.8. The minimum Gasteiger partial charge on any atom is -0.493 e. The van der Waals surface area contributed by atoms with Crippen LogP contribution in [-0.4, -0.2) is 29.0 Å². The van der Waals surface area contributed by atoms with Crippen molar-refractivity contribution in [3.05, 3.63) is 77.5 Å². The maximum atomic E-state index is 13.4. The van der Waals surface area contributed by atoms with Crippen LogP contribution in [0.5, 0.6) is 5.75 Å². The van der Waals surface area contributed by atoms with Crippen LogP contribution in [0.4, 0.5) is 11.8 Å². The maximum absolute atomic E-state index is 13.4. The van der Waals surface area contributed by atoms with E-state index in [2.05, 4.69) is 48.2 Å². The fourth-order valence-corrected chi connectivity index (χ4v) is 3.71. The van der Waals surface area contributed by atoms with Crippen LogP contribution in [0.1, 0.15) is 48.3 Å². The van der Waals surface area contributed by atoms with Crippen molar-refractivity contribution in [3.63, 3.8) is 0 Å². The van der Waals surface area contributed by atoms with Crippen molar-refractivity contribution < 1.29 is 9.53 Å². The summed E-state index contributed by atoms with van der Waals surface area (Å²) in [7, 11) is 0. The highest BCUT2D eigenvalue weighted by atomic mass is 16.5. The van der Waals surface area contributed by atoms with E-state index in [4.69, 9.17) is 4.74 Å². The van der Waals surface area contributed by atoms with Gasteiger partial charge in [0.25, 0.3) is 5.91 Å². The van der Waals surface area contributed by atoms with Gasteiger partial charge in [0.15, 0.2) is 0 Å². The molecular formula is C25H28N4O2. The summed E-state index contributed by atoms with van der Waals surface area (Å²) in [6.45, 7) is 7.48. The number of hydrogen-bond acceptors (Lipinski definition) is 5. The number of hydrogen-bond donors (Lipinski definition) is 1. The second-order valence-electron chi connectivity index (χ2n) is 8.25. The summed E-state index contributed by atoms with van der Waals surface area (Å²) in [5.41, 5.74) is 2.87. The van der Waals surface area contributed by atoms with E-state index in [0.717, 1.165) is 23.3 Å². The zero-order chi connectivity index (χ0) is 21.8. The quantitative estimate of drug-likeness (QED) is 0.594. The monoisotopic (exact) mass is 416 g/mol. The van der Waals surface area contributed by atoms with Crippen LogP contribution in [0, 0.1) is 5.92 Å². The molecule has 0 radical (unpaired) electrons. The van der Waals surface area contributed by atoms with E-state index in [0.29, 0.717) is 30.5 Å². The molecule has 3 aromatic rings. The van der Waals surface area contributed by atoms with Gasteiger partial charge in [-0.1, -0.05) is 44.2 Å². The summed E-state index contributed by atoms with van der Waals surface area (Å²) < 4.78 is 5.58. The van der Waals surface area contributed by atoms with Crippen LogP contribution < -0.4 is 15.0 Å². The molecule has 2 aromatic carbocycles. The molecule has 0 aliphatic carbocycles. The third kappa shape index (κ3) is 4.85. The fraction of sp³-hybridized carbons (Fsp3) is 0.320. The van der Waals surface area contributed by atoms with Crippen molar-refractivity contribution in [2.24, 2.45) is 5.92 Å². The smallest absolute Gasteiger partial charge is 0.259 e. The largest absolute Gasteiger partial charge is 0.493 e. The standard InChI is InChI=1S/C25H28N4O2/c1-17(2)16-29(24(30)21-9-10-22-20(15-21)12-14-31-22)23-11-13-26-25(28-23)27-18(3)19-7-5-4-6-8-19/h4-11,13,15,17-18H,12,14,16H2,1-3H3,(H,26,27,28)/t18-/m0/s1. The SMILES string of the molecule is CC(C)CN(C(=O)c1ccc2c(c1)CCO2)c1ccnc(N[C@@H](C)c2ccccc2)n1. The van der Waals surface area contributed by atoms with Gasteiger partial charge in [0.1, 0.15) is 11.6 Å². The lowest BCUT2D eigenvalue weighted by molar-refractivity contribution is 0.0983. The number of ether oxygens (including phenoxy) is 1. The van der Waals surface area contributed by atoms with Gasteiger partial charge in [-0.15, -0.1) is 0 Å². The van der Waals surface area contributed by atoms with E-state index in [-0.39, 0.29) is 17.9 Å². The number of nitrogens with one attached hydrogen (secondary N) is 1. The Kier molecular flexibility index (Phi) is 6.16. The van der Waals surface area contributed by atoms with Crippen molar-refractivity contribution in [3.8, 4) is 5.75 Å². The number of amides is 1. The highest BCUT2D eigenvalue weighted by Gasteiger charge is 2.23. The Morgan fingerprint density at radius 3 is 2.71 bits per heavy atom. The van der Waals surface area contributed by atoms with Gasteiger partial charge < -0.3 is 10.1 Å². The molecule has 0 saturated carbocycles. The number of rotatable bonds is 7. The summed E-state index contributed by atoms with van der Waals surface area (Å²) in [6, 6.07) is 17.6. The summed E-state index contributed by atoms with van der Waals surface area (Å²) in [5.74, 6) is 2.18. The van der Waals surface area contributed by atoms with E-state index in [9.17, 15) is 4.79 Å². The summed E-state index contributed by atoms with van der Waals surface area (Å²) in [6.07, 6.45) is 2.53. The number of nitrogens with zero attached hydrogens (tertiary/aromatic N) is 3. The molecule has 1 amide bonds. The minimum absolute atomic E-state index is 0.0439. The lowest BCUT2D eigenvalue weighted by Crippen LogP contribution is -2.35. The number of carbonyl (C=O) groups excluding carboxylic acids is 1. The van der Waals surface area contributed by atoms with Crippen LogP contribution in [0.3, 0.4) is 0 Å². The zero-order valence-corrected chi connectivity index (χ0v) is 18.2. The molecule has 6 nitrogen and oxygen atoms in total. The molecule has 0 bridgehead atoms. The van der Waals surface area contributed by atoms with Gasteiger partial charge in [-0.2, -0.15) is 4.98 Å². The molecule has 0 saturated heterocycles. The van der Waals surface area contributed by atoms with Gasteiger partial charge in [0.2, 0.25) is 5.95 Å². The molecule has 1 aliphatic rings. The third-order valence-corrected chi connectivity index (χ3v) is 5.29. The van der Waals surface area contributed by atoms with Gasteiger partial charge in [0.05, 0.1) is 12.6 Å². The average molecular weight is 417 g/mol. The highest BCUT2D eigenvalue weighted by molar-refractivity contribution is 6.05. The summed E-state index contributed by atoms with van der Waals surface area (Å²) in [5, 5.41) is 3.34. The molecule has 31 heavy (non-hydrogen) atoms. The lowest BCUT2D eigenvalue weighted by Gasteiger charge is -2.24. The Morgan fingerprint density at radius 1 is 1.13 bits per heavy atom. The Balaban J connectivity index is 1.59. The number of aromatic nitrogens is 2. The summed E-state index contributed by atoms with van der Waals surface area (Å²) in [4.78, 5) is 24.2. The zero-order valence-electron chi connectivity index (χ0n) is 18.2. The molecule has 0 fully saturated rings. The molecule has 1 aliphatic heterocycles. The maximum Gasteiger partial charge on any atom is 0.259 e.